The zero-order valence-corrected chi connectivity index (χ0v) is 15.0. The number of carbonyl (C=O) groups excluding carboxylic acids is 1. The van der Waals surface area contributed by atoms with Crippen LogP contribution < -0.4 is 21.7 Å². The molecule has 5 N–H and O–H groups in total. The highest BCUT2D eigenvalue weighted by molar-refractivity contribution is 8.00. The van der Waals surface area contributed by atoms with E-state index in [1.807, 2.05) is 25.1 Å². The number of anilines is 1. The summed E-state index contributed by atoms with van der Waals surface area (Å²) in [7, 11) is 0. The number of amides is 1. The van der Waals surface area contributed by atoms with Crippen molar-refractivity contribution < 1.29 is 4.79 Å². The third-order valence-electron chi connectivity index (χ3n) is 4.26. The van der Waals surface area contributed by atoms with Crippen molar-refractivity contribution in [2.75, 3.05) is 18.4 Å². The number of thioether (sulfide) groups is 1. The summed E-state index contributed by atoms with van der Waals surface area (Å²) in [5.74, 6) is -0.0283. The van der Waals surface area contributed by atoms with Crippen molar-refractivity contribution in [3.05, 3.63) is 29.3 Å². The maximum atomic E-state index is 12.6. The molecule has 1 aliphatic rings. The number of benzene rings is 1. The van der Waals surface area contributed by atoms with Gasteiger partial charge in [-0.25, -0.2) is 0 Å². The van der Waals surface area contributed by atoms with Gasteiger partial charge in [0.2, 0.25) is 0 Å². The van der Waals surface area contributed by atoms with E-state index in [1.165, 1.54) is 0 Å². The fraction of sp³-hybridized carbons (Fsp3) is 0.588. The maximum Gasteiger partial charge on any atom is 0.253 e. The fourth-order valence-electron chi connectivity index (χ4n) is 2.58. The van der Waals surface area contributed by atoms with Crippen molar-refractivity contribution in [3.63, 3.8) is 0 Å². The van der Waals surface area contributed by atoms with Crippen LogP contribution in [0.3, 0.4) is 0 Å². The van der Waals surface area contributed by atoms with Gasteiger partial charge in [-0.2, -0.15) is 0 Å². The highest BCUT2D eigenvalue weighted by atomic mass is 32.2. The predicted molar refractivity (Wildman–Crippen MR) is 98.9 cm³/mol. The normalized spacial score (nSPS) is 23.7. The van der Waals surface area contributed by atoms with Gasteiger partial charge in [0.25, 0.3) is 5.91 Å². The van der Waals surface area contributed by atoms with E-state index in [0.717, 1.165) is 36.2 Å². The first-order chi connectivity index (χ1) is 11.0. The second-order valence-corrected chi connectivity index (χ2v) is 7.54. The van der Waals surface area contributed by atoms with E-state index >= 15 is 0 Å². The molecule has 128 valence electrons. The van der Waals surface area contributed by atoms with Gasteiger partial charge in [-0.3, -0.25) is 10.1 Å². The summed E-state index contributed by atoms with van der Waals surface area (Å²) in [4.78, 5) is 12.6. The number of carbonyl (C=O) groups is 1. The Morgan fingerprint density at radius 1 is 1.35 bits per heavy atom. The van der Waals surface area contributed by atoms with Gasteiger partial charge in [0.15, 0.2) is 0 Å². The zero-order valence-electron chi connectivity index (χ0n) is 14.2. The van der Waals surface area contributed by atoms with E-state index in [2.05, 4.69) is 29.8 Å². The van der Waals surface area contributed by atoms with E-state index in [4.69, 9.17) is 5.73 Å². The van der Waals surface area contributed by atoms with Crippen LogP contribution in [0.4, 0.5) is 5.69 Å². The molecule has 0 aliphatic carbocycles. The van der Waals surface area contributed by atoms with Gasteiger partial charge in [0.1, 0.15) is 5.50 Å². The molecule has 5 nitrogen and oxygen atoms in total. The van der Waals surface area contributed by atoms with Crippen molar-refractivity contribution in [2.24, 2.45) is 5.73 Å². The summed E-state index contributed by atoms with van der Waals surface area (Å²) in [5, 5.41) is 10.4. The zero-order chi connectivity index (χ0) is 16.8. The standard InChI is InChI=1S/C17H28N4OS/c1-11-14(7-6-8-15(11)19-10-5-4-9-18)16(22)21-17-20-12(2)13(3)23-17/h6-8,12-13,17,19-20H,4-5,9-10,18H2,1-3H3,(H,21,22). The average molecular weight is 337 g/mol. The van der Waals surface area contributed by atoms with E-state index in [9.17, 15) is 4.79 Å². The van der Waals surface area contributed by atoms with Crippen LogP contribution in [0.2, 0.25) is 0 Å². The van der Waals surface area contributed by atoms with E-state index in [1.54, 1.807) is 11.8 Å². The Bertz CT molecular complexity index is 527. The summed E-state index contributed by atoms with van der Waals surface area (Å²) < 4.78 is 0. The predicted octanol–water partition coefficient (Wildman–Crippen LogP) is 2.27. The molecule has 1 aromatic rings. The molecule has 0 bridgehead atoms. The van der Waals surface area contributed by atoms with Crippen LogP contribution in [0.15, 0.2) is 18.2 Å². The topological polar surface area (TPSA) is 79.2 Å². The largest absolute Gasteiger partial charge is 0.385 e. The minimum atomic E-state index is -0.0283. The Morgan fingerprint density at radius 3 is 2.78 bits per heavy atom. The van der Waals surface area contributed by atoms with Crippen molar-refractivity contribution >= 4 is 23.4 Å². The van der Waals surface area contributed by atoms with Crippen LogP contribution in [0.1, 0.15) is 42.6 Å². The smallest absolute Gasteiger partial charge is 0.253 e. The van der Waals surface area contributed by atoms with Crippen LogP contribution >= 0.6 is 11.8 Å². The lowest BCUT2D eigenvalue weighted by Crippen LogP contribution is -2.42. The molecule has 2 rings (SSSR count). The third-order valence-corrected chi connectivity index (χ3v) is 5.62. The molecule has 1 aromatic carbocycles. The molecule has 6 heteroatoms. The van der Waals surface area contributed by atoms with Gasteiger partial charge >= 0.3 is 0 Å². The lowest BCUT2D eigenvalue weighted by molar-refractivity contribution is 0.0945. The molecule has 3 unspecified atom stereocenters. The Hall–Kier alpha value is -1.24. The molecule has 0 spiro atoms. The lowest BCUT2D eigenvalue weighted by Gasteiger charge is -2.16. The molecule has 23 heavy (non-hydrogen) atoms. The molecule has 1 amide bonds. The van der Waals surface area contributed by atoms with Crippen LogP contribution in [0, 0.1) is 6.92 Å². The molecule has 0 aromatic heterocycles. The second-order valence-electron chi connectivity index (χ2n) is 6.05. The highest BCUT2D eigenvalue weighted by Gasteiger charge is 2.29. The number of rotatable bonds is 7. The van der Waals surface area contributed by atoms with Gasteiger partial charge in [0.05, 0.1) is 0 Å². The Balaban J connectivity index is 1.97. The van der Waals surface area contributed by atoms with Gasteiger partial charge in [-0.1, -0.05) is 13.0 Å². The molecule has 0 saturated carbocycles. The maximum absolute atomic E-state index is 12.6. The minimum absolute atomic E-state index is 0.0203. The summed E-state index contributed by atoms with van der Waals surface area (Å²) in [6, 6.07) is 6.22. The van der Waals surface area contributed by atoms with Crippen LogP contribution in [0.5, 0.6) is 0 Å². The number of unbranched alkanes of at least 4 members (excludes halogenated alkanes) is 1. The van der Waals surface area contributed by atoms with E-state index < -0.39 is 0 Å². The van der Waals surface area contributed by atoms with Crippen molar-refractivity contribution in [3.8, 4) is 0 Å². The first kappa shape index (κ1) is 18.1. The Morgan fingerprint density at radius 2 is 2.13 bits per heavy atom. The average Bonchev–Trinajstić information content (AvgIpc) is 2.83. The van der Waals surface area contributed by atoms with Crippen molar-refractivity contribution in [1.29, 1.82) is 0 Å². The van der Waals surface area contributed by atoms with Gasteiger partial charge in [0, 0.05) is 29.1 Å². The summed E-state index contributed by atoms with van der Waals surface area (Å²) >= 11 is 1.76. The molecular formula is C17H28N4OS. The van der Waals surface area contributed by atoms with Crippen molar-refractivity contribution in [1.82, 2.24) is 10.6 Å². The number of hydrogen-bond acceptors (Lipinski definition) is 5. The third kappa shape index (κ3) is 4.86. The van der Waals surface area contributed by atoms with E-state index in [-0.39, 0.29) is 11.4 Å². The monoisotopic (exact) mass is 336 g/mol. The molecule has 0 radical (unpaired) electrons. The minimum Gasteiger partial charge on any atom is -0.385 e. The van der Waals surface area contributed by atoms with Crippen LogP contribution in [-0.4, -0.2) is 35.8 Å². The van der Waals surface area contributed by atoms with Crippen LogP contribution in [0.25, 0.3) is 0 Å². The molecule has 1 heterocycles. The SMILES string of the molecule is Cc1c(NCCCCN)cccc1C(=O)NC1NC(C)C(C)S1. The van der Waals surface area contributed by atoms with E-state index in [0.29, 0.717) is 17.8 Å². The lowest BCUT2D eigenvalue weighted by atomic mass is 10.1. The van der Waals surface area contributed by atoms with Gasteiger partial charge in [-0.05, 0) is 50.9 Å². The summed E-state index contributed by atoms with van der Waals surface area (Å²) in [6.45, 7) is 7.89. The first-order valence-electron chi connectivity index (χ1n) is 8.29. The van der Waals surface area contributed by atoms with Crippen molar-refractivity contribution in [2.45, 2.75) is 50.4 Å². The first-order valence-corrected chi connectivity index (χ1v) is 9.23. The highest BCUT2D eigenvalue weighted by Crippen LogP contribution is 2.26. The molecular weight excluding hydrogens is 308 g/mol. The molecule has 1 saturated heterocycles. The number of hydrogen-bond donors (Lipinski definition) is 4. The molecule has 3 atom stereocenters. The second kappa shape index (κ2) is 8.57. The number of nitrogens with two attached hydrogens (primary N) is 1. The summed E-state index contributed by atoms with van der Waals surface area (Å²) in [5.41, 5.74) is 8.22. The summed E-state index contributed by atoms with van der Waals surface area (Å²) in [6.07, 6.45) is 2.04. The van der Waals surface area contributed by atoms with Crippen LogP contribution in [-0.2, 0) is 0 Å². The Kier molecular flexibility index (Phi) is 6.74. The van der Waals surface area contributed by atoms with Gasteiger partial charge < -0.3 is 16.4 Å². The molecule has 1 aliphatic heterocycles. The fourth-order valence-corrected chi connectivity index (χ4v) is 3.80. The molecule has 1 fully saturated rings. The Labute approximate surface area is 143 Å². The number of nitrogens with one attached hydrogen (secondary N) is 3. The quantitative estimate of drug-likeness (QED) is 0.575. The van der Waals surface area contributed by atoms with Gasteiger partial charge in [-0.15, -0.1) is 11.8 Å².